The van der Waals surface area contributed by atoms with Gasteiger partial charge < -0.3 is 11.1 Å². The summed E-state index contributed by atoms with van der Waals surface area (Å²) in [5.74, 6) is 0.596. The molecule has 1 aromatic heterocycles. The lowest BCUT2D eigenvalue weighted by molar-refractivity contribution is 1.07. The van der Waals surface area contributed by atoms with Crippen LogP contribution in [0.5, 0.6) is 0 Å². The molecule has 0 saturated carbocycles. The van der Waals surface area contributed by atoms with Crippen LogP contribution in [0, 0.1) is 0 Å². The second kappa shape index (κ2) is 5.04. The Hall–Kier alpha value is -2.46. The van der Waals surface area contributed by atoms with Gasteiger partial charge in [0, 0.05) is 23.8 Å². The predicted octanol–water partition coefficient (Wildman–Crippen LogP) is 2.83. The van der Waals surface area contributed by atoms with E-state index in [0.29, 0.717) is 12.5 Å². The first kappa shape index (κ1) is 11.6. The van der Waals surface area contributed by atoms with Crippen LogP contribution in [0.3, 0.4) is 0 Å². The Morgan fingerprint density at radius 2 is 1.79 bits per heavy atom. The normalized spacial score (nSPS) is 10.6. The van der Waals surface area contributed by atoms with E-state index in [0.717, 1.165) is 22.2 Å². The number of nitrogens with one attached hydrogen (secondary N) is 1. The van der Waals surface area contributed by atoms with E-state index >= 15 is 0 Å². The SMILES string of the molecule is NCc1ccc(Nc2ncc3ccccc3n2)cc1. The van der Waals surface area contributed by atoms with Crippen LogP contribution < -0.4 is 11.1 Å². The van der Waals surface area contributed by atoms with Gasteiger partial charge in [-0.2, -0.15) is 0 Å². The molecule has 1 heterocycles. The molecule has 0 radical (unpaired) electrons. The van der Waals surface area contributed by atoms with E-state index in [-0.39, 0.29) is 0 Å². The molecule has 4 nitrogen and oxygen atoms in total. The molecule has 0 saturated heterocycles. The highest BCUT2D eigenvalue weighted by Crippen LogP contribution is 2.16. The van der Waals surface area contributed by atoms with Gasteiger partial charge in [-0.1, -0.05) is 30.3 Å². The number of fused-ring (bicyclic) bond motifs is 1. The molecule has 0 fully saturated rings. The van der Waals surface area contributed by atoms with Crippen molar-refractivity contribution in [1.82, 2.24) is 9.97 Å². The second-order valence-corrected chi connectivity index (χ2v) is 4.28. The summed E-state index contributed by atoms with van der Waals surface area (Å²) in [6.45, 7) is 0.548. The fourth-order valence-electron chi connectivity index (χ4n) is 1.89. The van der Waals surface area contributed by atoms with Gasteiger partial charge >= 0.3 is 0 Å². The minimum absolute atomic E-state index is 0.548. The fraction of sp³-hybridized carbons (Fsp3) is 0.0667. The minimum atomic E-state index is 0.548. The van der Waals surface area contributed by atoms with Gasteiger partial charge in [-0.05, 0) is 23.8 Å². The van der Waals surface area contributed by atoms with Crippen LogP contribution in [0.1, 0.15) is 5.56 Å². The van der Waals surface area contributed by atoms with Crippen LogP contribution in [0.2, 0.25) is 0 Å². The first-order valence-corrected chi connectivity index (χ1v) is 6.13. The molecular weight excluding hydrogens is 236 g/mol. The molecule has 0 unspecified atom stereocenters. The molecule has 0 aliphatic carbocycles. The maximum atomic E-state index is 5.57. The van der Waals surface area contributed by atoms with Crippen LogP contribution in [0.4, 0.5) is 11.6 Å². The van der Waals surface area contributed by atoms with Gasteiger partial charge in [0.25, 0.3) is 0 Å². The Labute approximate surface area is 111 Å². The summed E-state index contributed by atoms with van der Waals surface area (Å²) in [4.78, 5) is 8.76. The van der Waals surface area contributed by atoms with Crippen LogP contribution in [0.15, 0.2) is 54.7 Å². The van der Waals surface area contributed by atoms with Crippen molar-refractivity contribution >= 4 is 22.5 Å². The minimum Gasteiger partial charge on any atom is -0.326 e. The van der Waals surface area contributed by atoms with Gasteiger partial charge in [0.2, 0.25) is 5.95 Å². The summed E-state index contributed by atoms with van der Waals surface area (Å²) in [7, 11) is 0. The molecule has 0 spiro atoms. The van der Waals surface area contributed by atoms with Crippen LogP contribution >= 0.6 is 0 Å². The third-order valence-electron chi connectivity index (χ3n) is 2.93. The van der Waals surface area contributed by atoms with Gasteiger partial charge in [-0.3, -0.25) is 0 Å². The Kier molecular flexibility index (Phi) is 3.08. The highest BCUT2D eigenvalue weighted by molar-refractivity contribution is 5.78. The highest BCUT2D eigenvalue weighted by atomic mass is 15.1. The molecule has 0 amide bonds. The molecule has 94 valence electrons. The number of hydrogen-bond acceptors (Lipinski definition) is 4. The average Bonchev–Trinajstić information content (AvgIpc) is 2.48. The molecular formula is C15H14N4. The summed E-state index contributed by atoms with van der Waals surface area (Å²) < 4.78 is 0. The van der Waals surface area contributed by atoms with Crippen molar-refractivity contribution < 1.29 is 0 Å². The number of rotatable bonds is 3. The molecule has 3 N–H and O–H groups in total. The molecule has 19 heavy (non-hydrogen) atoms. The summed E-state index contributed by atoms with van der Waals surface area (Å²) >= 11 is 0. The smallest absolute Gasteiger partial charge is 0.227 e. The number of nitrogens with two attached hydrogens (primary N) is 1. The number of para-hydroxylation sites is 1. The van der Waals surface area contributed by atoms with Gasteiger partial charge in [0.05, 0.1) is 5.52 Å². The summed E-state index contributed by atoms with van der Waals surface area (Å²) in [5.41, 5.74) is 8.55. The number of nitrogens with zero attached hydrogens (tertiary/aromatic N) is 2. The molecule has 3 aromatic rings. The van der Waals surface area contributed by atoms with Gasteiger partial charge in [0.1, 0.15) is 0 Å². The molecule has 4 heteroatoms. The molecule has 0 aliphatic heterocycles. The number of benzene rings is 2. The third kappa shape index (κ3) is 2.53. The van der Waals surface area contributed by atoms with Crippen molar-refractivity contribution in [3.63, 3.8) is 0 Å². The van der Waals surface area contributed by atoms with Gasteiger partial charge in [-0.25, -0.2) is 9.97 Å². The quantitative estimate of drug-likeness (QED) is 0.750. The molecule has 0 bridgehead atoms. The first-order chi connectivity index (χ1) is 9.35. The highest BCUT2D eigenvalue weighted by Gasteiger charge is 2.00. The lowest BCUT2D eigenvalue weighted by atomic mass is 10.2. The Morgan fingerprint density at radius 3 is 2.58 bits per heavy atom. The van der Waals surface area contributed by atoms with E-state index in [1.807, 2.05) is 54.7 Å². The zero-order valence-corrected chi connectivity index (χ0v) is 10.4. The maximum Gasteiger partial charge on any atom is 0.227 e. The lowest BCUT2D eigenvalue weighted by Crippen LogP contribution is -1.99. The zero-order valence-electron chi connectivity index (χ0n) is 10.4. The van der Waals surface area contributed by atoms with Crippen molar-refractivity contribution in [2.24, 2.45) is 5.73 Å². The molecule has 2 aromatic carbocycles. The molecule has 0 atom stereocenters. The van der Waals surface area contributed by atoms with E-state index in [9.17, 15) is 0 Å². The van der Waals surface area contributed by atoms with Crippen LogP contribution in [-0.4, -0.2) is 9.97 Å². The summed E-state index contributed by atoms with van der Waals surface area (Å²) in [6, 6.07) is 15.8. The lowest BCUT2D eigenvalue weighted by Gasteiger charge is -2.06. The summed E-state index contributed by atoms with van der Waals surface area (Å²) in [5, 5.41) is 4.22. The zero-order chi connectivity index (χ0) is 13.1. The van der Waals surface area contributed by atoms with E-state index < -0.39 is 0 Å². The van der Waals surface area contributed by atoms with Crippen molar-refractivity contribution in [3.8, 4) is 0 Å². The number of aromatic nitrogens is 2. The topological polar surface area (TPSA) is 63.8 Å². The molecule has 3 rings (SSSR count). The largest absolute Gasteiger partial charge is 0.326 e. The standard InChI is InChI=1S/C15H14N4/c16-9-11-5-7-13(8-6-11)18-15-17-10-12-3-1-2-4-14(12)19-15/h1-8,10H,9,16H2,(H,17,18,19). The van der Waals surface area contributed by atoms with Crippen molar-refractivity contribution in [3.05, 3.63) is 60.3 Å². The van der Waals surface area contributed by atoms with E-state index in [1.165, 1.54) is 0 Å². The fourth-order valence-corrected chi connectivity index (χ4v) is 1.89. The van der Waals surface area contributed by atoms with Crippen molar-refractivity contribution in [2.45, 2.75) is 6.54 Å². The number of anilines is 2. The first-order valence-electron chi connectivity index (χ1n) is 6.13. The second-order valence-electron chi connectivity index (χ2n) is 4.28. The third-order valence-corrected chi connectivity index (χ3v) is 2.93. The van der Waals surface area contributed by atoms with Gasteiger partial charge in [-0.15, -0.1) is 0 Å². The average molecular weight is 250 g/mol. The Balaban J connectivity index is 1.87. The Morgan fingerprint density at radius 1 is 1.00 bits per heavy atom. The van der Waals surface area contributed by atoms with E-state index in [1.54, 1.807) is 0 Å². The van der Waals surface area contributed by atoms with Crippen molar-refractivity contribution in [2.75, 3.05) is 5.32 Å². The van der Waals surface area contributed by atoms with Crippen LogP contribution in [0.25, 0.3) is 10.9 Å². The van der Waals surface area contributed by atoms with E-state index in [4.69, 9.17) is 5.73 Å². The predicted molar refractivity (Wildman–Crippen MR) is 77.2 cm³/mol. The summed E-state index contributed by atoms with van der Waals surface area (Å²) in [6.07, 6.45) is 1.82. The van der Waals surface area contributed by atoms with Gasteiger partial charge in [0.15, 0.2) is 0 Å². The monoisotopic (exact) mass is 250 g/mol. The van der Waals surface area contributed by atoms with Crippen LogP contribution in [-0.2, 0) is 6.54 Å². The molecule has 0 aliphatic rings. The van der Waals surface area contributed by atoms with E-state index in [2.05, 4.69) is 15.3 Å². The number of hydrogen-bond donors (Lipinski definition) is 2. The van der Waals surface area contributed by atoms with Crippen molar-refractivity contribution in [1.29, 1.82) is 0 Å². The Bertz CT molecular complexity index is 692. The maximum absolute atomic E-state index is 5.57.